The van der Waals surface area contributed by atoms with Crippen LogP contribution in [0.15, 0.2) is 23.6 Å². The highest BCUT2D eigenvalue weighted by molar-refractivity contribution is 7.91. The standard InChI is InChI=1S/C17H20N2O5S2/c1-23-14-4-3-12(9-15(14)24-2)17-18-13(11-25-17)10-16(20)19-5-7-26(21,22)8-6-19/h3-4,9,11H,5-8,10H2,1-2H3. The maximum Gasteiger partial charge on any atom is 0.228 e. The highest BCUT2D eigenvalue weighted by Crippen LogP contribution is 2.33. The molecule has 2 heterocycles. The number of methoxy groups -OCH3 is 2. The van der Waals surface area contributed by atoms with E-state index in [0.29, 0.717) is 17.2 Å². The fourth-order valence-electron chi connectivity index (χ4n) is 2.72. The van der Waals surface area contributed by atoms with Crippen LogP contribution in [0, 0.1) is 0 Å². The first-order valence-corrected chi connectivity index (χ1v) is 10.8. The van der Waals surface area contributed by atoms with Crippen LogP contribution in [0.25, 0.3) is 10.6 Å². The number of carbonyl (C=O) groups excluding carboxylic acids is 1. The quantitative estimate of drug-likeness (QED) is 0.764. The molecule has 26 heavy (non-hydrogen) atoms. The van der Waals surface area contributed by atoms with E-state index in [0.717, 1.165) is 10.6 Å². The Bertz CT molecular complexity index is 894. The van der Waals surface area contributed by atoms with Crippen LogP contribution in [0.2, 0.25) is 0 Å². The average molecular weight is 396 g/mol. The number of thiazole rings is 1. The van der Waals surface area contributed by atoms with Gasteiger partial charge in [0.15, 0.2) is 21.3 Å². The van der Waals surface area contributed by atoms with Crippen molar-refractivity contribution < 1.29 is 22.7 Å². The lowest BCUT2D eigenvalue weighted by atomic mass is 10.2. The van der Waals surface area contributed by atoms with Gasteiger partial charge in [0, 0.05) is 24.0 Å². The Balaban J connectivity index is 1.69. The summed E-state index contributed by atoms with van der Waals surface area (Å²) in [5, 5.41) is 2.64. The van der Waals surface area contributed by atoms with Crippen molar-refractivity contribution in [1.29, 1.82) is 0 Å². The average Bonchev–Trinajstić information content (AvgIpc) is 3.09. The van der Waals surface area contributed by atoms with Gasteiger partial charge >= 0.3 is 0 Å². The van der Waals surface area contributed by atoms with Gasteiger partial charge in [-0.1, -0.05) is 0 Å². The number of nitrogens with zero attached hydrogens (tertiary/aromatic N) is 2. The van der Waals surface area contributed by atoms with Gasteiger partial charge in [0.25, 0.3) is 0 Å². The van der Waals surface area contributed by atoms with Crippen molar-refractivity contribution in [3.8, 4) is 22.1 Å². The van der Waals surface area contributed by atoms with Crippen molar-refractivity contribution in [2.45, 2.75) is 6.42 Å². The van der Waals surface area contributed by atoms with Gasteiger partial charge in [0.05, 0.1) is 37.8 Å². The van der Waals surface area contributed by atoms with Crippen LogP contribution >= 0.6 is 11.3 Å². The molecule has 140 valence electrons. The Kier molecular flexibility index (Phi) is 5.47. The minimum Gasteiger partial charge on any atom is -0.493 e. The van der Waals surface area contributed by atoms with Crippen molar-refractivity contribution in [3.05, 3.63) is 29.3 Å². The summed E-state index contributed by atoms with van der Waals surface area (Å²) in [5.74, 6) is 1.24. The lowest BCUT2D eigenvalue weighted by Gasteiger charge is -2.26. The molecule has 0 aliphatic carbocycles. The fourth-order valence-corrected chi connectivity index (χ4v) is 4.74. The van der Waals surface area contributed by atoms with Crippen LogP contribution in [0.3, 0.4) is 0 Å². The molecule has 0 radical (unpaired) electrons. The number of hydrogen-bond donors (Lipinski definition) is 0. The van der Waals surface area contributed by atoms with Crippen molar-refractivity contribution in [3.63, 3.8) is 0 Å². The molecular weight excluding hydrogens is 376 g/mol. The molecule has 0 saturated carbocycles. The van der Waals surface area contributed by atoms with E-state index in [1.165, 1.54) is 11.3 Å². The van der Waals surface area contributed by atoms with E-state index in [-0.39, 0.29) is 36.9 Å². The van der Waals surface area contributed by atoms with E-state index in [2.05, 4.69) is 4.98 Å². The first kappa shape index (κ1) is 18.7. The molecule has 1 aliphatic rings. The molecular formula is C17H20N2O5S2. The monoisotopic (exact) mass is 396 g/mol. The van der Waals surface area contributed by atoms with E-state index in [1.807, 2.05) is 23.6 Å². The second kappa shape index (κ2) is 7.63. The molecule has 1 aliphatic heterocycles. The van der Waals surface area contributed by atoms with Crippen LogP contribution in [0.4, 0.5) is 0 Å². The predicted octanol–water partition coefficient (Wildman–Crippen LogP) is 1.63. The van der Waals surface area contributed by atoms with E-state index in [1.54, 1.807) is 19.1 Å². The highest BCUT2D eigenvalue weighted by Gasteiger charge is 2.25. The Morgan fingerprint density at radius 3 is 2.54 bits per heavy atom. The van der Waals surface area contributed by atoms with E-state index >= 15 is 0 Å². The van der Waals surface area contributed by atoms with Crippen LogP contribution in [0.1, 0.15) is 5.69 Å². The normalized spacial score (nSPS) is 16.3. The summed E-state index contributed by atoms with van der Waals surface area (Å²) in [5.41, 5.74) is 1.56. The Hall–Kier alpha value is -2.13. The maximum absolute atomic E-state index is 12.4. The molecule has 0 N–H and O–H groups in total. The Morgan fingerprint density at radius 2 is 1.88 bits per heavy atom. The summed E-state index contributed by atoms with van der Waals surface area (Å²) in [6.45, 7) is 0.516. The van der Waals surface area contributed by atoms with Crippen LogP contribution in [0.5, 0.6) is 11.5 Å². The smallest absolute Gasteiger partial charge is 0.228 e. The van der Waals surface area contributed by atoms with Gasteiger partial charge in [0.2, 0.25) is 5.91 Å². The summed E-state index contributed by atoms with van der Waals surface area (Å²) in [4.78, 5) is 18.5. The molecule has 0 unspecified atom stereocenters. The molecule has 0 spiro atoms. The van der Waals surface area contributed by atoms with Crippen molar-refractivity contribution in [2.75, 3.05) is 38.8 Å². The molecule has 2 aromatic rings. The number of amides is 1. The van der Waals surface area contributed by atoms with Gasteiger partial charge < -0.3 is 14.4 Å². The van der Waals surface area contributed by atoms with Crippen molar-refractivity contribution in [2.24, 2.45) is 0 Å². The highest BCUT2D eigenvalue weighted by atomic mass is 32.2. The lowest BCUT2D eigenvalue weighted by molar-refractivity contribution is -0.130. The third-order valence-corrected chi connectivity index (χ3v) is 6.76. The summed E-state index contributed by atoms with van der Waals surface area (Å²) in [6, 6.07) is 5.55. The number of sulfone groups is 1. The first-order chi connectivity index (χ1) is 12.4. The second-order valence-corrected chi connectivity index (χ2v) is 9.08. The van der Waals surface area contributed by atoms with E-state index < -0.39 is 9.84 Å². The second-order valence-electron chi connectivity index (χ2n) is 5.92. The number of aromatic nitrogens is 1. The summed E-state index contributed by atoms with van der Waals surface area (Å²) >= 11 is 1.45. The maximum atomic E-state index is 12.4. The zero-order valence-corrected chi connectivity index (χ0v) is 16.2. The number of hydrogen-bond acceptors (Lipinski definition) is 7. The predicted molar refractivity (Wildman–Crippen MR) is 99.6 cm³/mol. The molecule has 1 aromatic carbocycles. The molecule has 9 heteroatoms. The van der Waals surface area contributed by atoms with E-state index in [4.69, 9.17) is 9.47 Å². The molecule has 1 fully saturated rings. The third-order valence-electron chi connectivity index (χ3n) is 4.21. The van der Waals surface area contributed by atoms with Gasteiger partial charge in [-0.25, -0.2) is 13.4 Å². The molecule has 1 amide bonds. The van der Waals surface area contributed by atoms with Gasteiger partial charge in [-0.2, -0.15) is 0 Å². The SMILES string of the molecule is COc1ccc(-c2nc(CC(=O)N3CCS(=O)(=O)CC3)cs2)cc1OC. The molecule has 3 rings (SSSR count). The summed E-state index contributed by atoms with van der Waals surface area (Å²) in [7, 11) is 0.160. The van der Waals surface area contributed by atoms with Crippen molar-refractivity contribution in [1.82, 2.24) is 9.88 Å². The number of rotatable bonds is 5. The number of benzene rings is 1. The first-order valence-electron chi connectivity index (χ1n) is 8.07. The van der Waals surface area contributed by atoms with Crippen LogP contribution in [-0.2, 0) is 21.1 Å². The molecule has 1 saturated heterocycles. The molecule has 1 aromatic heterocycles. The molecule has 0 atom stereocenters. The summed E-state index contributed by atoms with van der Waals surface area (Å²) in [6.07, 6.45) is 0.170. The number of carbonyl (C=O) groups is 1. The molecule has 0 bridgehead atoms. The number of ether oxygens (including phenoxy) is 2. The van der Waals surface area contributed by atoms with Gasteiger partial charge in [-0.15, -0.1) is 11.3 Å². The molecule has 7 nitrogen and oxygen atoms in total. The minimum absolute atomic E-state index is 0.0344. The van der Waals surface area contributed by atoms with Gasteiger partial charge in [0.1, 0.15) is 5.01 Å². The lowest BCUT2D eigenvalue weighted by Crippen LogP contribution is -2.44. The van der Waals surface area contributed by atoms with Gasteiger partial charge in [-0.05, 0) is 18.2 Å². The van der Waals surface area contributed by atoms with Crippen LogP contribution < -0.4 is 9.47 Å². The summed E-state index contributed by atoms with van der Waals surface area (Å²) < 4.78 is 33.5. The van der Waals surface area contributed by atoms with E-state index in [9.17, 15) is 13.2 Å². The third kappa shape index (κ3) is 4.16. The zero-order valence-electron chi connectivity index (χ0n) is 14.6. The largest absolute Gasteiger partial charge is 0.493 e. The Labute approximate surface area is 156 Å². The Morgan fingerprint density at radius 1 is 1.19 bits per heavy atom. The minimum atomic E-state index is -3.00. The topological polar surface area (TPSA) is 85.8 Å². The fraction of sp³-hybridized carbons (Fsp3) is 0.412. The zero-order chi connectivity index (χ0) is 18.7. The van der Waals surface area contributed by atoms with Crippen molar-refractivity contribution >= 4 is 27.1 Å². The van der Waals surface area contributed by atoms with Gasteiger partial charge in [-0.3, -0.25) is 4.79 Å². The van der Waals surface area contributed by atoms with Crippen LogP contribution in [-0.4, -0.2) is 63.0 Å².